The van der Waals surface area contributed by atoms with Gasteiger partial charge in [0, 0.05) is 5.71 Å². The van der Waals surface area contributed by atoms with E-state index in [0.717, 1.165) is 10.5 Å². The molecule has 27 heavy (non-hydrogen) atoms. The standard InChI is InChI=1S/C20H18FN3O3/c1-2-16(22-12-13-8-10-14(21)11-9-13)17-18(25)23-20(27)24(19(17)26)15-6-4-3-5-7-15/h3-11,17H,2,12H2,1H3,(H,23,25,27). The first kappa shape index (κ1) is 18.4. The zero-order valence-corrected chi connectivity index (χ0v) is 14.7. The number of urea groups is 1. The number of hydrogen-bond donors (Lipinski definition) is 1. The molecule has 1 unspecified atom stereocenters. The summed E-state index contributed by atoms with van der Waals surface area (Å²) in [5.41, 5.74) is 1.50. The summed E-state index contributed by atoms with van der Waals surface area (Å²) in [5, 5.41) is 2.23. The third kappa shape index (κ3) is 3.92. The van der Waals surface area contributed by atoms with Crippen molar-refractivity contribution in [1.29, 1.82) is 0 Å². The lowest BCUT2D eigenvalue weighted by molar-refractivity contribution is -0.131. The second-order valence-electron chi connectivity index (χ2n) is 6.02. The molecule has 0 aliphatic carbocycles. The minimum atomic E-state index is -1.17. The first-order valence-corrected chi connectivity index (χ1v) is 8.52. The van der Waals surface area contributed by atoms with E-state index in [1.807, 2.05) is 0 Å². The highest BCUT2D eigenvalue weighted by Crippen LogP contribution is 2.22. The monoisotopic (exact) mass is 367 g/mol. The number of aliphatic imine (C=N–C) groups is 1. The zero-order chi connectivity index (χ0) is 19.4. The molecule has 2 aromatic carbocycles. The zero-order valence-electron chi connectivity index (χ0n) is 14.7. The number of anilines is 1. The van der Waals surface area contributed by atoms with E-state index in [1.54, 1.807) is 49.4 Å². The Bertz CT molecular complexity index is 894. The predicted octanol–water partition coefficient (Wildman–Crippen LogP) is 3.08. The number of rotatable bonds is 5. The van der Waals surface area contributed by atoms with Crippen LogP contribution in [0.1, 0.15) is 18.9 Å². The maximum atomic E-state index is 13.0. The van der Waals surface area contributed by atoms with Crippen molar-refractivity contribution in [2.75, 3.05) is 4.90 Å². The van der Waals surface area contributed by atoms with Gasteiger partial charge in [-0.2, -0.15) is 0 Å². The SMILES string of the molecule is CCC(=NCc1ccc(F)cc1)C1C(=O)NC(=O)N(c2ccccc2)C1=O. The molecule has 1 aliphatic heterocycles. The van der Waals surface area contributed by atoms with Crippen LogP contribution in [0, 0.1) is 11.7 Å². The first-order chi connectivity index (χ1) is 13.0. The van der Waals surface area contributed by atoms with Gasteiger partial charge in [-0.25, -0.2) is 14.1 Å². The molecule has 1 aliphatic rings. The van der Waals surface area contributed by atoms with Gasteiger partial charge in [0.25, 0.3) is 5.91 Å². The van der Waals surface area contributed by atoms with Gasteiger partial charge >= 0.3 is 6.03 Å². The van der Waals surface area contributed by atoms with Gasteiger partial charge in [0.1, 0.15) is 5.82 Å². The summed E-state index contributed by atoms with van der Waals surface area (Å²) in [6, 6.07) is 13.5. The van der Waals surface area contributed by atoms with Crippen LogP contribution in [0.3, 0.4) is 0 Å². The van der Waals surface area contributed by atoms with E-state index in [1.165, 1.54) is 12.1 Å². The van der Waals surface area contributed by atoms with Crippen LogP contribution in [0.4, 0.5) is 14.9 Å². The number of nitrogens with one attached hydrogen (secondary N) is 1. The summed E-state index contributed by atoms with van der Waals surface area (Å²) in [4.78, 5) is 42.8. The molecule has 6 nitrogen and oxygen atoms in total. The second-order valence-corrected chi connectivity index (χ2v) is 6.02. The topological polar surface area (TPSA) is 78.8 Å². The molecule has 1 heterocycles. The average molecular weight is 367 g/mol. The molecule has 1 atom stereocenters. The fraction of sp³-hybridized carbons (Fsp3) is 0.200. The third-order valence-electron chi connectivity index (χ3n) is 4.25. The number of nitrogens with zero attached hydrogens (tertiary/aromatic N) is 2. The Kier molecular flexibility index (Phi) is 5.40. The second kappa shape index (κ2) is 7.90. The van der Waals surface area contributed by atoms with Crippen LogP contribution < -0.4 is 10.2 Å². The van der Waals surface area contributed by atoms with Crippen LogP contribution >= 0.6 is 0 Å². The maximum Gasteiger partial charge on any atom is 0.335 e. The van der Waals surface area contributed by atoms with Crippen LogP contribution in [-0.2, 0) is 16.1 Å². The number of para-hydroxylation sites is 1. The Labute approximate surface area is 155 Å². The number of amides is 4. The summed E-state index contributed by atoms with van der Waals surface area (Å²) >= 11 is 0. The third-order valence-corrected chi connectivity index (χ3v) is 4.25. The summed E-state index contributed by atoms with van der Waals surface area (Å²) in [6.45, 7) is 1.99. The summed E-state index contributed by atoms with van der Waals surface area (Å²) in [7, 11) is 0. The Hall–Kier alpha value is -3.35. The molecule has 1 saturated heterocycles. The Morgan fingerprint density at radius 1 is 1.07 bits per heavy atom. The highest BCUT2D eigenvalue weighted by atomic mass is 19.1. The van der Waals surface area contributed by atoms with Crippen LogP contribution in [0.2, 0.25) is 0 Å². The first-order valence-electron chi connectivity index (χ1n) is 8.52. The molecule has 4 amide bonds. The van der Waals surface area contributed by atoms with E-state index >= 15 is 0 Å². The highest BCUT2D eigenvalue weighted by molar-refractivity contribution is 6.35. The summed E-state index contributed by atoms with van der Waals surface area (Å²) in [6.07, 6.45) is 0.363. The number of barbiturate groups is 1. The quantitative estimate of drug-likeness (QED) is 0.652. The average Bonchev–Trinajstić information content (AvgIpc) is 2.66. The van der Waals surface area contributed by atoms with Gasteiger partial charge in [0.05, 0.1) is 12.2 Å². The maximum absolute atomic E-state index is 13.0. The number of benzene rings is 2. The van der Waals surface area contributed by atoms with Crippen molar-refractivity contribution in [2.45, 2.75) is 19.9 Å². The molecule has 3 rings (SSSR count). The largest absolute Gasteiger partial charge is 0.335 e. The molecule has 0 saturated carbocycles. The normalized spacial score (nSPS) is 17.9. The van der Waals surface area contributed by atoms with E-state index in [9.17, 15) is 18.8 Å². The van der Waals surface area contributed by atoms with Crippen molar-refractivity contribution in [3.63, 3.8) is 0 Å². The van der Waals surface area contributed by atoms with Crippen LogP contribution in [-0.4, -0.2) is 23.6 Å². The van der Waals surface area contributed by atoms with Crippen LogP contribution in [0.5, 0.6) is 0 Å². The van der Waals surface area contributed by atoms with Gasteiger partial charge in [-0.15, -0.1) is 0 Å². The van der Waals surface area contributed by atoms with E-state index in [2.05, 4.69) is 10.3 Å². The molecular formula is C20H18FN3O3. The number of halogens is 1. The van der Waals surface area contributed by atoms with Crippen LogP contribution in [0.25, 0.3) is 0 Å². The van der Waals surface area contributed by atoms with Gasteiger partial charge in [0.15, 0.2) is 5.92 Å². The molecule has 1 N–H and O–H groups in total. The van der Waals surface area contributed by atoms with E-state index in [-0.39, 0.29) is 12.4 Å². The lowest BCUT2D eigenvalue weighted by atomic mass is 9.96. The van der Waals surface area contributed by atoms with Crippen molar-refractivity contribution in [2.24, 2.45) is 10.9 Å². The lowest BCUT2D eigenvalue weighted by Gasteiger charge is -2.30. The fourth-order valence-corrected chi connectivity index (χ4v) is 2.88. The number of hydrogen-bond acceptors (Lipinski definition) is 4. The Balaban J connectivity index is 1.88. The van der Waals surface area contributed by atoms with Crippen molar-refractivity contribution in [1.82, 2.24) is 5.32 Å². The number of imide groups is 2. The minimum absolute atomic E-state index is 0.208. The van der Waals surface area contributed by atoms with Crippen molar-refractivity contribution < 1.29 is 18.8 Å². The molecule has 0 spiro atoms. The Morgan fingerprint density at radius 2 is 1.74 bits per heavy atom. The van der Waals surface area contributed by atoms with Crippen molar-refractivity contribution in [3.8, 4) is 0 Å². The van der Waals surface area contributed by atoms with Crippen molar-refractivity contribution >= 4 is 29.2 Å². The molecule has 1 fully saturated rings. The van der Waals surface area contributed by atoms with Gasteiger partial charge in [-0.05, 0) is 36.2 Å². The van der Waals surface area contributed by atoms with E-state index in [4.69, 9.17) is 0 Å². The highest BCUT2D eigenvalue weighted by Gasteiger charge is 2.43. The summed E-state index contributed by atoms with van der Waals surface area (Å²) in [5.74, 6) is -2.84. The Morgan fingerprint density at radius 3 is 2.37 bits per heavy atom. The van der Waals surface area contributed by atoms with Gasteiger partial charge in [-0.1, -0.05) is 37.3 Å². The van der Waals surface area contributed by atoms with Gasteiger partial charge in [-0.3, -0.25) is 19.9 Å². The van der Waals surface area contributed by atoms with Crippen molar-refractivity contribution in [3.05, 3.63) is 66.0 Å². The smallest absolute Gasteiger partial charge is 0.288 e. The minimum Gasteiger partial charge on any atom is -0.288 e. The fourth-order valence-electron chi connectivity index (χ4n) is 2.88. The predicted molar refractivity (Wildman–Crippen MR) is 98.8 cm³/mol. The van der Waals surface area contributed by atoms with Crippen LogP contribution in [0.15, 0.2) is 59.6 Å². The molecule has 138 valence electrons. The molecule has 0 bridgehead atoms. The number of carbonyl (C=O) groups is 3. The number of carbonyl (C=O) groups excluding carboxylic acids is 3. The van der Waals surface area contributed by atoms with Gasteiger partial charge < -0.3 is 0 Å². The van der Waals surface area contributed by atoms with E-state index in [0.29, 0.717) is 17.8 Å². The van der Waals surface area contributed by atoms with E-state index < -0.39 is 23.8 Å². The molecule has 0 radical (unpaired) electrons. The summed E-state index contributed by atoms with van der Waals surface area (Å²) < 4.78 is 13.0. The molecule has 0 aromatic heterocycles. The molecule has 7 heteroatoms. The lowest BCUT2D eigenvalue weighted by Crippen LogP contribution is -2.60. The molecule has 2 aromatic rings. The molecular weight excluding hydrogens is 349 g/mol. The van der Waals surface area contributed by atoms with Gasteiger partial charge in [0.2, 0.25) is 5.91 Å².